The number of rotatable bonds is 6. The topological polar surface area (TPSA) is 46.2 Å². The number of nitrogens with one attached hydrogen (secondary N) is 1. The molecule has 2 aromatic carbocycles. The van der Waals surface area contributed by atoms with Crippen LogP contribution in [0.15, 0.2) is 42.5 Å². The molecule has 0 saturated carbocycles. The summed E-state index contributed by atoms with van der Waals surface area (Å²) in [5.74, 6) is 0.140. The average molecular weight is 364 g/mol. The summed E-state index contributed by atoms with van der Waals surface area (Å²) >= 11 is 11.7. The van der Waals surface area contributed by atoms with Gasteiger partial charge in [-0.25, -0.2) is 0 Å². The third-order valence-corrected chi connectivity index (χ3v) is 4.42. The smallest absolute Gasteiger partial charge is 0.224 e. The van der Waals surface area contributed by atoms with Gasteiger partial charge in [0, 0.05) is 24.1 Å². The molecule has 0 unspecified atom stereocenters. The number of Topliss-reactive ketones (excluding diaryl/α,β-unsaturated/α-hetero) is 1. The van der Waals surface area contributed by atoms with E-state index in [2.05, 4.69) is 19.2 Å². The molecule has 0 spiro atoms. The van der Waals surface area contributed by atoms with E-state index in [1.807, 2.05) is 24.3 Å². The van der Waals surface area contributed by atoms with Crippen LogP contribution in [-0.2, 0) is 4.79 Å². The van der Waals surface area contributed by atoms with Crippen molar-refractivity contribution in [2.45, 2.75) is 32.6 Å². The minimum atomic E-state index is -0.236. The maximum absolute atomic E-state index is 12.2. The molecule has 24 heavy (non-hydrogen) atoms. The maximum Gasteiger partial charge on any atom is 0.224 e. The molecule has 0 fully saturated rings. The van der Waals surface area contributed by atoms with Gasteiger partial charge in [-0.15, -0.1) is 0 Å². The van der Waals surface area contributed by atoms with Crippen molar-refractivity contribution in [2.24, 2.45) is 0 Å². The molecule has 1 amide bonds. The zero-order valence-electron chi connectivity index (χ0n) is 13.6. The van der Waals surface area contributed by atoms with Gasteiger partial charge in [-0.2, -0.15) is 0 Å². The van der Waals surface area contributed by atoms with Gasteiger partial charge in [0.1, 0.15) is 0 Å². The molecule has 0 aliphatic carbocycles. The van der Waals surface area contributed by atoms with Gasteiger partial charge < -0.3 is 5.32 Å². The van der Waals surface area contributed by atoms with Crippen LogP contribution in [0.2, 0.25) is 10.0 Å². The fourth-order valence-electron chi connectivity index (χ4n) is 2.22. The van der Waals surface area contributed by atoms with E-state index < -0.39 is 0 Å². The molecule has 3 nitrogen and oxygen atoms in total. The zero-order chi connectivity index (χ0) is 17.7. The molecule has 2 rings (SSSR count). The second-order valence-corrected chi connectivity index (χ2v) is 6.69. The molecule has 0 aliphatic rings. The molecule has 5 heteroatoms. The highest BCUT2D eigenvalue weighted by Crippen LogP contribution is 2.25. The highest BCUT2D eigenvalue weighted by molar-refractivity contribution is 6.42. The minimum absolute atomic E-state index is 0.0467. The van der Waals surface area contributed by atoms with Crippen LogP contribution in [0.1, 0.15) is 48.5 Å². The van der Waals surface area contributed by atoms with Crippen molar-refractivity contribution in [3.05, 3.63) is 63.6 Å². The number of carbonyl (C=O) groups is 2. The third kappa shape index (κ3) is 5.08. The van der Waals surface area contributed by atoms with Gasteiger partial charge in [-0.1, -0.05) is 61.3 Å². The van der Waals surface area contributed by atoms with Crippen LogP contribution in [0.3, 0.4) is 0 Å². The Morgan fingerprint density at radius 1 is 0.958 bits per heavy atom. The van der Waals surface area contributed by atoms with Crippen LogP contribution in [0.25, 0.3) is 0 Å². The van der Waals surface area contributed by atoms with E-state index in [4.69, 9.17) is 23.2 Å². The molecule has 0 aromatic heterocycles. The molecule has 0 saturated heterocycles. The number of hydrogen-bond donors (Lipinski definition) is 1. The number of benzene rings is 2. The van der Waals surface area contributed by atoms with Gasteiger partial charge in [-0.3, -0.25) is 9.59 Å². The highest BCUT2D eigenvalue weighted by Gasteiger charge is 2.11. The number of carbonyl (C=O) groups excluding carboxylic acids is 2. The summed E-state index contributed by atoms with van der Waals surface area (Å²) in [5, 5.41) is 3.50. The predicted octanol–water partition coefficient (Wildman–Crippen LogP) is 5.72. The molecule has 2 aromatic rings. The lowest BCUT2D eigenvalue weighted by atomic mass is 9.99. The molecule has 0 heterocycles. The lowest BCUT2D eigenvalue weighted by molar-refractivity contribution is -0.116. The van der Waals surface area contributed by atoms with Crippen molar-refractivity contribution >= 4 is 40.6 Å². The summed E-state index contributed by atoms with van der Waals surface area (Å²) in [6.07, 6.45) is 0.277. The molecule has 0 bridgehead atoms. The van der Waals surface area contributed by atoms with E-state index >= 15 is 0 Å². The molecular weight excluding hydrogens is 345 g/mol. The van der Waals surface area contributed by atoms with Crippen molar-refractivity contribution in [1.29, 1.82) is 0 Å². The first-order valence-corrected chi connectivity index (χ1v) is 8.50. The van der Waals surface area contributed by atoms with E-state index in [1.54, 1.807) is 18.2 Å². The van der Waals surface area contributed by atoms with Gasteiger partial charge in [0.25, 0.3) is 0 Å². The monoisotopic (exact) mass is 363 g/mol. The van der Waals surface area contributed by atoms with Gasteiger partial charge in [0.05, 0.1) is 10.0 Å². The Morgan fingerprint density at radius 2 is 1.62 bits per heavy atom. The van der Waals surface area contributed by atoms with Crippen LogP contribution < -0.4 is 5.32 Å². The molecule has 0 radical (unpaired) electrons. The largest absolute Gasteiger partial charge is 0.326 e. The van der Waals surface area contributed by atoms with Crippen molar-refractivity contribution in [1.82, 2.24) is 0 Å². The summed E-state index contributed by atoms with van der Waals surface area (Å²) in [6, 6.07) is 12.4. The average Bonchev–Trinajstić information content (AvgIpc) is 2.56. The molecular formula is C19H19Cl2NO2. The Labute approximate surface area is 152 Å². The van der Waals surface area contributed by atoms with Crippen molar-refractivity contribution in [2.75, 3.05) is 5.32 Å². The fourth-order valence-corrected chi connectivity index (χ4v) is 2.52. The second kappa shape index (κ2) is 8.32. The van der Waals surface area contributed by atoms with E-state index in [0.29, 0.717) is 27.2 Å². The Balaban J connectivity index is 1.88. The standard InChI is InChI=1S/C19H19Cl2NO2/c1-12(2)13-3-5-14(6-4-13)18(23)9-10-19(24)22-15-7-8-16(20)17(21)11-15/h3-8,11-12H,9-10H2,1-2H3,(H,22,24). The Hall–Kier alpha value is -1.84. The molecule has 0 atom stereocenters. The van der Waals surface area contributed by atoms with E-state index in [9.17, 15) is 9.59 Å². The van der Waals surface area contributed by atoms with Crippen LogP contribution in [-0.4, -0.2) is 11.7 Å². The lowest BCUT2D eigenvalue weighted by Gasteiger charge is -2.07. The van der Waals surface area contributed by atoms with Gasteiger partial charge in [0.2, 0.25) is 5.91 Å². The Morgan fingerprint density at radius 3 is 2.21 bits per heavy atom. The summed E-state index contributed by atoms with van der Waals surface area (Å²) in [4.78, 5) is 24.1. The van der Waals surface area contributed by atoms with Crippen LogP contribution >= 0.6 is 23.2 Å². The number of halogens is 2. The maximum atomic E-state index is 12.2. The molecule has 1 N–H and O–H groups in total. The summed E-state index contributed by atoms with van der Waals surface area (Å²) in [7, 11) is 0. The second-order valence-electron chi connectivity index (χ2n) is 5.88. The van der Waals surface area contributed by atoms with Crippen LogP contribution in [0.4, 0.5) is 5.69 Å². The quantitative estimate of drug-likeness (QED) is 0.667. The number of hydrogen-bond acceptors (Lipinski definition) is 2. The number of amides is 1. The highest BCUT2D eigenvalue weighted by atomic mass is 35.5. The van der Waals surface area contributed by atoms with Gasteiger partial charge in [0.15, 0.2) is 5.78 Å². The first-order chi connectivity index (χ1) is 11.4. The SMILES string of the molecule is CC(C)c1ccc(C(=O)CCC(=O)Nc2ccc(Cl)c(Cl)c2)cc1. The summed E-state index contributed by atoms with van der Waals surface area (Å²) < 4.78 is 0. The minimum Gasteiger partial charge on any atom is -0.326 e. The van der Waals surface area contributed by atoms with Gasteiger partial charge >= 0.3 is 0 Å². The number of ketones is 1. The van der Waals surface area contributed by atoms with Crippen molar-refractivity contribution in [3.8, 4) is 0 Å². The zero-order valence-corrected chi connectivity index (χ0v) is 15.1. The van der Waals surface area contributed by atoms with Crippen molar-refractivity contribution in [3.63, 3.8) is 0 Å². The summed E-state index contributed by atoms with van der Waals surface area (Å²) in [5.41, 5.74) is 2.37. The predicted molar refractivity (Wildman–Crippen MR) is 99.2 cm³/mol. The third-order valence-electron chi connectivity index (χ3n) is 3.68. The lowest BCUT2D eigenvalue weighted by Crippen LogP contribution is -2.13. The summed E-state index contributed by atoms with van der Waals surface area (Å²) in [6.45, 7) is 4.20. The number of anilines is 1. The molecule has 126 valence electrons. The normalized spacial score (nSPS) is 10.7. The van der Waals surface area contributed by atoms with Crippen LogP contribution in [0, 0.1) is 0 Å². The fraction of sp³-hybridized carbons (Fsp3) is 0.263. The van der Waals surface area contributed by atoms with E-state index in [-0.39, 0.29) is 24.5 Å². The van der Waals surface area contributed by atoms with Gasteiger partial charge in [-0.05, 0) is 29.7 Å². The van der Waals surface area contributed by atoms with E-state index in [1.165, 1.54) is 5.56 Å². The van der Waals surface area contributed by atoms with Crippen molar-refractivity contribution < 1.29 is 9.59 Å². The first-order valence-electron chi connectivity index (χ1n) is 7.75. The Bertz CT molecular complexity index is 740. The van der Waals surface area contributed by atoms with Crippen LogP contribution in [0.5, 0.6) is 0 Å². The van der Waals surface area contributed by atoms with E-state index in [0.717, 1.165) is 0 Å². The molecule has 0 aliphatic heterocycles. The first kappa shape index (κ1) is 18.5. The Kier molecular flexibility index (Phi) is 6.41.